The number of pyridine rings is 1. The lowest BCUT2D eigenvalue weighted by molar-refractivity contribution is -0.150. The van der Waals surface area contributed by atoms with Gasteiger partial charge >= 0.3 is 5.97 Å². The molecule has 12 heavy (non-hydrogen) atoms. The Labute approximate surface area is 68.9 Å². The molecule has 1 aromatic heterocycles. The van der Waals surface area contributed by atoms with E-state index in [1.165, 1.54) is 12.3 Å². The molecule has 1 heterocycles. The third-order valence-electron chi connectivity index (χ3n) is 1.55. The maximum absolute atomic E-state index is 13.3. The fourth-order valence-corrected chi connectivity index (χ4v) is 0.750. The zero-order valence-electron chi connectivity index (χ0n) is 6.49. The molecule has 1 unspecified atom stereocenters. The van der Waals surface area contributed by atoms with Gasteiger partial charge in [0, 0.05) is 6.20 Å². The number of carboxylic acid groups (broad SMARTS) is 1. The van der Waals surface area contributed by atoms with E-state index in [-0.39, 0.29) is 5.69 Å². The molecule has 0 aliphatic heterocycles. The number of alkyl halides is 1. The van der Waals surface area contributed by atoms with Crippen LogP contribution in [-0.4, -0.2) is 16.1 Å². The molecule has 3 nitrogen and oxygen atoms in total. The summed E-state index contributed by atoms with van der Waals surface area (Å²) in [5, 5.41) is 8.48. The summed E-state index contributed by atoms with van der Waals surface area (Å²) >= 11 is 0. The first-order valence-corrected chi connectivity index (χ1v) is 3.39. The number of rotatable bonds is 2. The van der Waals surface area contributed by atoms with Crippen LogP contribution in [0.5, 0.6) is 0 Å². The van der Waals surface area contributed by atoms with E-state index in [9.17, 15) is 9.18 Å². The van der Waals surface area contributed by atoms with Gasteiger partial charge in [-0.15, -0.1) is 0 Å². The Hall–Kier alpha value is -1.45. The molecule has 0 aliphatic carbocycles. The maximum Gasteiger partial charge on any atom is 0.347 e. The van der Waals surface area contributed by atoms with Crippen molar-refractivity contribution in [2.75, 3.05) is 0 Å². The highest BCUT2D eigenvalue weighted by Gasteiger charge is 2.36. The first kappa shape index (κ1) is 8.64. The zero-order chi connectivity index (χ0) is 9.19. The van der Waals surface area contributed by atoms with Crippen LogP contribution < -0.4 is 0 Å². The Morgan fingerprint density at radius 3 is 2.75 bits per heavy atom. The van der Waals surface area contributed by atoms with Crippen LogP contribution in [-0.2, 0) is 10.5 Å². The van der Waals surface area contributed by atoms with Gasteiger partial charge in [0.25, 0.3) is 0 Å². The summed E-state index contributed by atoms with van der Waals surface area (Å²) in [5.41, 5.74) is -2.49. The van der Waals surface area contributed by atoms with Gasteiger partial charge in [-0.1, -0.05) is 6.07 Å². The second-order valence-corrected chi connectivity index (χ2v) is 2.52. The summed E-state index contributed by atoms with van der Waals surface area (Å²) in [6, 6.07) is 4.48. The van der Waals surface area contributed by atoms with Crippen LogP contribution in [0.1, 0.15) is 12.6 Å². The molecule has 1 aromatic rings. The van der Waals surface area contributed by atoms with Crippen molar-refractivity contribution in [1.82, 2.24) is 4.98 Å². The summed E-state index contributed by atoms with van der Waals surface area (Å²) in [6.45, 7) is 0.970. The quantitative estimate of drug-likeness (QED) is 0.727. The third kappa shape index (κ3) is 1.42. The number of carbonyl (C=O) groups is 1. The van der Waals surface area contributed by atoms with Gasteiger partial charge < -0.3 is 5.11 Å². The molecule has 1 N–H and O–H groups in total. The van der Waals surface area contributed by atoms with E-state index >= 15 is 0 Å². The Morgan fingerprint density at radius 2 is 2.33 bits per heavy atom. The number of halogens is 1. The monoisotopic (exact) mass is 169 g/mol. The molecule has 0 aliphatic rings. The minimum atomic E-state index is -2.40. The van der Waals surface area contributed by atoms with Crippen molar-refractivity contribution in [3.8, 4) is 0 Å². The Bertz CT molecular complexity index is 284. The molecule has 0 saturated heterocycles. The van der Waals surface area contributed by atoms with E-state index in [0.29, 0.717) is 0 Å². The molecule has 1 atom stereocenters. The number of aromatic nitrogens is 1. The maximum atomic E-state index is 13.3. The molecule has 4 heteroatoms. The molecule has 64 valence electrons. The van der Waals surface area contributed by atoms with Gasteiger partial charge in [-0.25, -0.2) is 9.18 Å². The topological polar surface area (TPSA) is 50.2 Å². The van der Waals surface area contributed by atoms with Crippen LogP contribution in [0.3, 0.4) is 0 Å². The van der Waals surface area contributed by atoms with Crippen LogP contribution in [0, 0.1) is 0 Å². The predicted octanol–water partition coefficient (Wildman–Crippen LogP) is 1.35. The van der Waals surface area contributed by atoms with Gasteiger partial charge in [-0.05, 0) is 19.1 Å². The number of nitrogens with zero attached hydrogens (tertiary/aromatic N) is 1. The second kappa shape index (κ2) is 2.89. The Morgan fingerprint density at radius 1 is 1.67 bits per heavy atom. The Balaban J connectivity index is 3.06. The van der Waals surface area contributed by atoms with Gasteiger partial charge in [0.15, 0.2) is 0 Å². The smallest absolute Gasteiger partial charge is 0.347 e. The van der Waals surface area contributed by atoms with E-state index in [1.54, 1.807) is 12.1 Å². The zero-order valence-corrected chi connectivity index (χ0v) is 6.49. The lowest BCUT2D eigenvalue weighted by Gasteiger charge is -2.12. The summed E-state index contributed by atoms with van der Waals surface area (Å²) < 4.78 is 13.3. The average molecular weight is 169 g/mol. The van der Waals surface area contributed by atoms with Crippen molar-refractivity contribution in [1.29, 1.82) is 0 Å². The minimum absolute atomic E-state index is 0.0856. The molecule has 1 rings (SSSR count). The van der Waals surface area contributed by atoms with Crippen LogP contribution in [0.4, 0.5) is 4.39 Å². The third-order valence-corrected chi connectivity index (χ3v) is 1.55. The van der Waals surface area contributed by atoms with E-state index in [2.05, 4.69) is 4.98 Å². The second-order valence-electron chi connectivity index (χ2n) is 2.52. The molecule has 0 amide bonds. The minimum Gasteiger partial charge on any atom is -0.479 e. The largest absolute Gasteiger partial charge is 0.479 e. The number of aliphatic carboxylic acids is 1. The fraction of sp³-hybridized carbons (Fsp3) is 0.250. The summed E-state index contributed by atoms with van der Waals surface area (Å²) in [6.07, 6.45) is 1.36. The summed E-state index contributed by atoms with van der Waals surface area (Å²) in [7, 11) is 0. The van der Waals surface area contributed by atoms with Gasteiger partial charge in [0.1, 0.15) is 0 Å². The molecule has 0 radical (unpaired) electrons. The summed E-state index contributed by atoms with van der Waals surface area (Å²) in [4.78, 5) is 14.0. The highest BCUT2D eigenvalue weighted by atomic mass is 19.1. The highest BCUT2D eigenvalue weighted by molar-refractivity contribution is 5.77. The van der Waals surface area contributed by atoms with Crippen molar-refractivity contribution in [3.05, 3.63) is 30.1 Å². The van der Waals surface area contributed by atoms with E-state index in [0.717, 1.165) is 6.92 Å². The van der Waals surface area contributed by atoms with Gasteiger partial charge in [-0.3, -0.25) is 4.98 Å². The van der Waals surface area contributed by atoms with Crippen molar-refractivity contribution >= 4 is 5.97 Å². The first-order valence-electron chi connectivity index (χ1n) is 3.39. The lowest BCUT2D eigenvalue weighted by Crippen LogP contribution is -2.27. The van der Waals surface area contributed by atoms with Crippen molar-refractivity contribution in [2.24, 2.45) is 0 Å². The Kier molecular flexibility index (Phi) is 2.08. The lowest BCUT2D eigenvalue weighted by atomic mass is 10.0. The molecule has 0 bridgehead atoms. The SMILES string of the molecule is CC(F)(C(=O)O)c1ccccn1. The number of hydrogen-bond donors (Lipinski definition) is 1. The molecule has 0 spiro atoms. The van der Waals surface area contributed by atoms with E-state index in [4.69, 9.17) is 5.11 Å². The predicted molar refractivity (Wildman–Crippen MR) is 40.3 cm³/mol. The highest BCUT2D eigenvalue weighted by Crippen LogP contribution is 2.22. The molecule has 0 fully saturated rings. The van der Waals surface area contributed by atoms with Crippen molar-refractivity contribution in [3.63, 3.8) is 0 Å². The van der Waals surface area contributed by atoms with Crippen molar-refractivity contribution in [2.45, 2.75) is 12.6 Å². The number of hydrogen-bond acceptors (Lipinski definition) is 2. The molecular formula is C8H8FNO2. The van der Waals surface area contributed by atoms with Crippen LogP contribution in [0.15, 0.2) is 24.4 Å². The van der Waals surface area contributed by atoms with Gasteiger partial charge in [0.2, 0.25) is 5.67 Å². The normalized spacial score (nSPS) is 15.2. The first-order chi connectivity index (χ1) is 5.55. The fourth-order valence-electron chi connectivity index (χ4n) is 0.750. The van der Waals surface area contributed by atoms with Crippen molar-refractivity contribution < 1.29 is 14.3 Å². The van der Waals surface area contributed by atoms with E-state index in [1.807, 2.05) is 0 Å². The van der Waals surface area contributed by atoms with Gasteiger partial charge in [0.05, 0.1) is 5.69 Å². The van der Waals surface area contributed by atoms with Gasteiger partial charge in [-0.2, -0.15) is 0 Å². The van der Waals surface area contributed by atoms with Crippen LogP contribution in [0.25, 0.3) is 0 Å². The molecule has 0 saturated carbocycles. The summed E-state index contributed by atoms with van der Waals surface area (Å²) in [5.74, 6) is -1.53. The average Bonchev–Trinajstić information content (AvgIpc) is 2.06. The van der Waals surface area contributed by atoms with E-state index < -0.39 is 11.6 Å². The standard InChI is InChI=1S/C8H8FNO2/c1-8(9,7(11)12)6-4-2-3-5-10-6/h2-5H,1H3,(H,11,12). The molecular weight excluding hydrogens is 161 g/mol. The van der Waals surface area contributed by atoms with Crippen LogP contribution >= 0.6 is 0 Å². The number of carboxylic acids is 1. The molecule has 0 aromatic carbocycles. The van der Waals surface area contributed by atoms with Crippen LogP contribution in [0.2, 0.25) is 0 Å².